The molecule has 0 spiro atoms. The third-order valence-corrected chi connectivity index (χ3v) is 2.76. The van der Waals surface area contributed by atoms with E-state index in [4.69, 9.17) is 0 Å². The minimum Gasteiger partial charge on any atom is -0.461 e. The van der Waals surface area contributed by atoms with Crippen molar-refractivity contribution < 1.29 is 36.2 Å². The van der Waals surface area contributed by atoms with E-state index in [1.807, 2.05) is 0 Å². The zero-order valence-electron chi connectivity index (χ0n) is 8.88. The number of methoxy groups -OCH3 is 1. The van der Waals surface area contributed by atoms with Crippen molar-refractivity contribution in [1.82, 2.24) is 0 Å². The van der Waals surface area contributed by atoms with Gasteiger partial charge in [0, 0.05) is 0 Å². The average Bonchev–Trinajstić information content (AvgIpc) is 2.29. The molecule has 1 atom stereocenters. The van der Waals surface area contributed by atoms with E-state index in [9.17, 15) is 26.9 Å². The third-order valence-electron chi connectivity index (χ3n) is 1.81. The van der Waals surface area contributed by atoms with Crippen LogP contribution in [0.5, 0.6) is 5.75 Å². The van der Waals surface area contributed by atoms with Crippen LogP contribution in [0.4, 0.5) is 22.4 Å². The summed E-state index contributed by atoms with van der Waals surface area (Å²) in [6, 6.07) is 1.65. The summed E-state index contributed by atoms with van der Waals surface area (Å²) in [5.41, 5.74) is -2.77. The first-order valence-corrected chi connectivity index (χ1v) is 5.74. The summed E-state index contributed by atoms with van der Waals surface area (Å²) in [7, 11) is -2.40. The van der Waals surface area contributed by atoms with Gasteiger partial charge in [-0.3, -0.25) is 4.57 Å². The van der Waals surface area contributed by atoms with Gasteiger partial charge >= 0.3 is 19.9 Å². The van der Waals surface area contributed by atoms with E-state index < -0.39 is 37.0 Å². The molecule has 0 bridgehead atoms. The smallest absolute Gasteiger partial charge is 0.419 e. The molecule has 1 aromatic carbocycles. The average molecular weight is 286 g/mol. The van der Waals surface area contributed by atoms with Crippen LogP contribution in [-0.2, 0) is 15.5 Å². The van der Waals surface area contributed by atoms with Crippen molar-refractivity contribution >= 4 is 13.7 Å². The Labute approximate surface area is 99.4 Å². The van der Waals surface area contributed by atoms with Gasteiger partial charge in [-0.05, 0) is 18.2 Å². The molecule has 0 saturated carbocycles. The zero-order valence-corrected chi connectivity index (χ0v) is 9.88. The summed E-state index contributed by atoms with van der Waals surface area (Å²) in [6.07, 6.45) is -4.91. The lowest BCUT2D eigenvalue weighted by atomic mass is 10.2. The van der Waals surface area contributed by atoms with Gasteiger partial charge in [0.1, 0.15) is 11.6 Å². The van der Waals surface area contributed by atoms with Crippen LogP contribution >= 0.6 is 8.03 Å². The van der Waals surface area contributed by atoms with E-state index in [0.29, 0.717) is 12.1 Å². The van der Waals surface area contributed by atoms with Gasteiger partial charge in [0.05, 0.1) is 12.7 Å². The minimum absolute atomic E-state index is 0.320. The van der Waals surface area contributed by atoms with E-state index in [1.54, 1.807) is 0 Å². The highest BCUT2D eigenvalue weighted by Gasteiger charge is 2.34. The summed E-state index contributed by atoms with van der Waals surface area (Å²) in [6.45, 7) is 0. The normalized spacial score (nSPS) is 12.9. The summed E-state index contributed by atoms with van der Waals surface area (Å²) in [5.74, 6) is -2.02. The molecule has 0 heterocycles. The molecule has 4 nitrogen and oxygen atoms in total. The Kier molecular flexibility index (Phi) is 4.34. The fraction of sp³-hybridized carbons (Fsp3) is 0.222. The van der Waals surface area contributed by atoms with Crippen molar-refractivity contribution in [3.8, 4) is 5.75 Å². The number of benzene rings is 1. The molecule has 9 heteroatoms. The quantitative estimate of drug-likeness (QED) is 0.630. The second kappa shape index (κ2) is 5.39. The molecule has 0 aliphatic heterocycles. The van der Waals surface area contributed by atoms with Crippen molar-refractivity contribution in [3.63, 3.8) is 0 Å². The molecule has 1 aromatic rings. The number of alkyl halides is 3. The van der Waals surface area contributed by atoms with Gasteiger partial charge in [0.25, 0.3) is 0 Å². The van der Waals surface area contributed by atoms with Gasteiger partial charge in [-0.15, -0.1) is 0 Å². The number of carbonyl (C=O) groups is 1. The van der Waals surface area contributed by atoms with Gasteiger partial charge in [-0.25, -0.2) is 9.18 Å². The number of hydrogen-bond donors (Lipinski definition) is 0. The van der Waals surface area contributed by atoms with Crippen molar-refractivity contribution in [2.24, 2.45) is 0 Å². The first-order chi connectivity index (χ1) is 8.25. The molecule has 1 rings (SSSR count). The SMILES string of the molecule is COC(=O)[PH](=O)Oc1ccc(F)c(C(F)(F)F)c1. The standard InChI is InChI=1S/C9H7F4O4P/c1-16-8(14)18(15)17-5-2-3-7(10)6(4-5)9(11,12)13/h2-4,18H,1H3. The van der Waals surface area contributed by atoms with E-state index in [2.05, 4.69) is 9.26 Å². The first-order valence-electron chi connectivity index (χ1n) is 4.42. The van der Waals surface area contributed by atoms with Crippen molar-refractivity contribution in [1.29, 1.82) is 0 Å². The predicted octanol–water partition coefficient (Wildman–Crippen LogP) is 3.46. The van der Waals surface area contributed by atoms with Crippen LogP contribution in [0.3, 0.4) is 0 Å². The Bertz CT molecular complexity index is 486. The van der Waals surface area contributed by atoms with Gasteiger partial charge in [0.2, 0.25) is 0 Å². The molecule has 0 N–H and O–H groups in total. The molecule has 0 aromatic heterocycles. The number of halogens is 4. The highest BCUT2D eigenvalue weighted by molar-refractivity contribution is 7.58. The van der Waals surface area contributed by atoms with Crippen LogP contribution in [-0.4, -0.2) is 12.8 Å². The van der Waals surface area contributed by atoms with Crippen LogP contribution in [0.1, 0.15) is 5.56 Å². The Morgan fingerprint density at radius 3 is 2.44 bits per heavy atom. The Morgan fingerprint density at radius 1 is 1.33 bits per heavy atom. The highest BCUT2D eigenvalue weighted by atomic mass is 31.1. The van der Waals surface area contributed by atoms with E-state index in [1.165, 1.54) is 0 Å². The summed E-state index contributed by atoms with van der Waals surface area (Å²) in [5, 5.41) is 0. The van der Waals surface area contributed by atoms with E-state index >= 15 is 0 Å². The largest absolute Gasteiger partial charge is 0.461 e. The van der Waals surface area contributed by atoms with Crippen LogP contribution in [0.2, 0.25) is 0 Å². The summed E-state index contributed by atoms with van der Waals surface area (Å²) in [4.78, 5) is 10.8. The molecule has 18 heavy (non-hydrogen) atoms. The lowest BCUT2D eigenvalue weighted by Gasteiger charge is -2.10. The Hall–Kier alpha value is -1.56. The monoisotopic (exact) mass is 286 g/mol. The molecule has 0 fully saturated rings. The molecule has 0 aliphatic carbocycles. The van der Waals surface area contributed by atoms with Crippen LogP contribution in [0.15, 0.2) is 18.2 Å². The molecule has 1 unspecified atom stereocenters. The van der Waals surface area contributed by atoms with Crippen molar-refractivity contribution in [2.75, 3.05) is 7.11 Å². The molecular formula is C9H7F4O4P. The number of ether oxygens (including phenoxy) is 1. The minimum atomic E-state index is -4.91. The fourth-order valence-corrected chi connectivity index (χ4v) is 1.61. The van der Waals surface area contributed by atoms with Crippen molar-refractivity contribution in [3.05, 3.63) is 29.6 Å². The van der Waals surface area contributed by atoms with Crippen molar-refractivity contribution in [2.45, 2.75) is 6.18 Å². The Balaban J connectivity index is 3.00. The zero-order chi connectivity index (χ0) is 13.9. The molecule has 0 saturated heterocycles. The summed E-state index contributed by atoms with van der Waals surface area (Å²) >= 11 is 0. The molecule has 0 aliphatic rings. The molecule has 0 amide bonds. The van der Waals surface area contributed by atoms with Gasteiger partial charge in [0.15, 0.2) is 0 Å². The maximum atomic E-state index is 12.9. The lowest BCUT2D eigenvalue weighted by molar-refractivity contribution is -0.140. The van der Waals surface area contributed by atoms with E-state index in [-0.39, 0.29) is 0 Å². The highest BCUT2D eigenvalue weighted by Crippen LogP contribution is 2.36. The third kappa shape index (κ3) is 3.46. The molecular weight excluding hydrogens is 279 g/mol. The van der Waals surface area contributed by atoms with Crippen LogP contribution < -0.4 is 4.52 Å². The second-order valence-electron chi connectivity index (χ2n) is 3.02. The predicted molar refractivity (Wildman–Crippen MR) is 53.4 cm³/mol. The van der Waals surface area contributed by atoms with Gasteiger partial charge in [-0.2, -0.15) is 13.2 Å². The molecule has 100 valence electrons. The van der Waals surface area contributed by atoms with Crippen LogP contribution in [0, 0.1) is 5.82 Å². The second-order valence-corrected chi connectivity index (χ2v) is 4.21. The van der Waals surface area contributed by atoms with Gasteiger partial charge < -0.3 is 9.26 Å². The maximum Gasteiger partial charge on any atom is 0.419 e. The molecule has 0 radical (unpaired) electrons. The summed E-state index contributed by atoms with van der Waals surface area (Å²) < 4.78 is 69.5. The van der Waals surface area contributed by atoms with Gasteiger partial charge in [-0.1, -0.05) is 0 Å². The maximum absolute atomic E-state index is 12.9. The fourth-order valence-electron chi connectivity index (χ4n) is 1.02. The van der Waals surface area contributed by atoms with E-state index in [0.717, 1.165) is 13.2 Å². The Morgan fingerprint density at radius 2 is 1.94 bits per heavy atom. The number of rotatable bonds is 3. The first kappa shape index (κ1) is 14.5. The lowest BCUT2D eigenvalue weighted by Crippen LogP contribution is -2.08. The van der Waals surface area contributed by atoms with Crippen LogP contribution in [0.25, 0.3) is 0 Å². The number of carbonyl (C=O) groups excluding carboxylic acids is 1. The topological polar surface area (TPSA) is 52.6 Å². The number of hydrogen-bond acceptors (Lipinski definition) is 4.